The van der Waals surface area contributed by atoms with Crippen LogP contribution in [0, 0.1) is 0 Å². The third-order valence-electron chi connectivity index (χ3n) is 2.83. The molecule has 0 aliphatic rings. The van der Waals surface area contributed by atoms with Gasteiger partial charge < -0.3 is 5.32 Å². The van der Waals surface area contributed by atoms with E-state index in [1.165, 1.54) is 17.9 Å². The van der Waals surface area contributed by atoms with Gasteiger partial charge in [-0.1, -0.05) is 0 Å². The molecule has 0 atom stereocenters. The molecule has 5 nitrogen and oxygen atoms in total. The van der Waals surface area contributed by atoms with Crippen molar-refractivity contribution in [2.75, 3.05) is 0 Å². The van der Waals surface area contributed by atoms with Crippen molar-refractivity contribution in [2.45, 2.75) is 32.7 Å². The van der Waals surface area contributed by atoms with E-state index in [0.717, 1.165) is 12.1 Å². The number of aromatic nitrogens is 4. The Morgan fingerprint density at radius 3 is 2.52 bits per heavy atom. The summed E-state index contributed by atoms with van der Waals surface area (Å²) in [5.41, 5.74) is 0.240. The lowest BCUT2D eigenvalue weighted by Gasteiger charge is -2.06. The molecule has 2 rings (SSSR count). The minimum Gasteiger partial charge on any atom is -0.308 e. The number of nitrogens with one attached hydrogen (secondary N) is 1. The molecule has 1 N–H and O–H groups in total. The molecule has 0 aliphatic heterocycles. The van der Waals surface area contributed by atoms with Crippen molar-refractivity contribution in [3.8, 4) is 0 Å². The molecule has 0 aromatic carbocycles. The van der Waals surface area contributed by atoms with E-state index in [1.807, 2.05) is 13.1 Å². The van der Waals surface area contributed by atoms with Crippen LogP contribution in [0.1, 0.15) is 23.7 Å². The Balaban J connectivity index is 0.00000220. The van der Waals surface area contributed by atoms with Crippen molar-refractivity contribution in [2.24, 2.45) is 7.05 Å². The second-order valence-corrected chi connectivity index (χ2v) is 4.48. The maximum absolute atomic E-state index is 12.7. The highest BCUT2D eigenvalue weighted by molar-refractivity contribution is 5.85. The lowest BCUT2D eigenvalue weighted by atomic mass is 10.2. The monoisotopic (exact) mass is 323 g/mol. The Kier molecular flexibility index (Phi) is 5.79. The third-order valence-corrected chi connectivity index (χ3v) is 2.83. The Morgan fingerprint density at radius 1 is 1.24 bits per heavy atom. The zero-order chi connectivity index (χ0) is 14.8. The summed E-state index contributed by atoms with van der Waals surface area (Å²) in [6, 6.07) is 0. The standard InChI is InChI=1S/C12H16F3N5.ClH/c1-3-20-7-9(5-17-20)4-16-6-10-8-19(2)18-11(10)12(13,14)15;/h5,7-8,16H,3-4,6H2,1-2H3;1H. The molecule has 2 heterocycles. The van der Waals surface area contributed by atoms with E-state index >= 15 is 0 Å². The van der Waals surface area contributed by atoms with Gasteiger partial charge in [0.1, 0.15) is 0 Å². The minimum absolute atomic E-state index is 0. The predicted octanol–water partition coefficient (Wildman–Crippen LogP) is 2.37. The fraction of sp³-hybridized carbons (Fsp3) is 0.500. The van der Waals surface area contributed by atoms with Crippen molar-refractivity contribution >= 4 is 12.4 Å². The smallest absolute Gasteiger partial charge is 0.308 e. The minimum atomic E-state index is -4.43. The zero-order valence-corrected chi connectivity index (χ0v) is 12.5. The van der Waals surface area contributed by atoms with Crippen LogP contribution in [-0.2, 0) is 32.9 Å². The summed E-state index contributed by atoms with van der Waals surface area (Å²) < 4.78 is 41.2. The molecule has 2 aromatic rings. The van der Waals surface area contributed by atoms with E-state index in [2.05, 4.69) is 15.5 Å². The summed E-state index contributed by atoms with van der Waals surface area (Å²) in [6.07, 6.45) is 0.516. The average Bonchev–Trinajstić information content (AvgIpc) is 2.95. The van der Waals surface area contributed by atoms with Gasteiger partial charge in [0, 0.05) is 50.2 Å². The molecular formula is C12H17ClF3N5. The zero-order valence-electron chi connectivity index (χ0n) is 11.7. The van der Waals surface area contributed by atoms with E-state index in [4.69, 9.17) is 0 Å². The fourth-order valence-corrected chi connectivity index (χ4v) is 1.92. The SMILES string of the molecule is CCn1cc(CNCc2cn(C)nc2C(F)(F)F)cn1.Cl. The van der Waals surface area contributed by atoms with Crippen LogP contribution in [-0.4, -0.2) is 19.6 Å². The maximum atomic E-state index is 12.7. The highest BCUT2D eigenvalue weighted by Gasteiger charge is 2.36. The van der Waals surface area contributed by atoms with E-state index < -0.39 is 11.9 Å². The molecule has 9 heteroatoms. The van der Waals surface area contributed by atoms with Crippen molar-refractivity contribution < 1.29 is 13.2 Å². The van der Waals surface area contributed by atoms with Gasteiger partial charge in [-0.25, -0.2) is 0 Å². The van der Waals surface area contributed by atoms with Gasteiger partial charge in [-0.3, -0.25) is 9.36 Å². The van der Waals surface area contributed by atoms with Crippen LogP contribution in [0.4, 0.5) is 13.2 Å². The highest BCUT2D eigenvalue weighted by Crippen LogP contribution is 2.30. The van der Waals surface area contributed by atoms with Crippen LogP contribution >= 0.6 is 12.4 Å². The Bertz CT molecular complexity index is 576. The molecule has 2 aromatic heterocycles. The summed E-state index contributed by atoms with van der Waals surface area (Å²) in [7, 11) is 1.48. The van der Waals surface area contributed by atoms with E-state index in [9.17, 15) is 13.2 Å². The molecule has 0 spiro atoms. The molecule has 0 fully saturated rings. The first kappa shape index (κ1) is 17.5. The van der Waals surface area contributed by atoms with Gasteiger partial charge in [-0.2, -0.15) is 23.4 Å². The molecule has 0 bridgehead atoms. The number of aryl methyl sites for hydroxylation is 2. The van der Waals surface area contributed by atoms with Crippen LogP contribution in [0.5, 0.6) is 0 Å². The van der Waals surface area contributed by atoms with Gasteiger partial charge >= 0.3 is 6.18 Å². The second kappa shape index (κ2) is 6.95. The molecule has 0 saturated heterocycles. The van der Waals surface area contributed by atoms with Gasteiger partial charge in [0.25, 0.3) is 0 Å². The fourth-order valence-electron chi connectivity index (χ4n) is 1.92. The van der Waals surface area contributed by atoms with Crippen LogP contribution in [0.2, 0.25) is 0 Å². The molecule has 118 valence electrons. The molecule has 0 aliphatic carbocycles. The molecule has 21 heavy (non-hydrogen) atoms. The molecule has 0 saturated carbocycles. The summed E-state index contributed by atoms with van der Waals surface area (Å²) in [6.45, 7) is 3.31. The Labute approximate surface area is 126 Å². The van der Waals surface area contributed by atoms with Crippen LogP contribution in [0.25, 0.3) is 0 Å². The molecule has 0 amide bonds. The summed E-state index contributed by atoms with van der Waals surface area (Å²) >= 11 is 0. The first-order valence-corrected chi connectivity index (χ1v) is 6.22. The molecule has 0 radical (unpaired) electrons. The lowest BCUT2D eigenvalue weighted by molar-refractivity contribution is -0.142. The van der Waals surface area contributed by atoms with Crippen LogP contribution < -0.4 is 5.32 Å². The van der Waals surface area contributed by atoms with Gasteiger partial charge in [0.15, 0.2) is 5.69 Å². The first-order valence-electron chi connectivity index (χ1n) is 6.22. The normalized spacial score (nSPS) is 11.5. The van der Waals surface area contributed by atoms with Crippen LogP contribution in [0.3, 0.4) is 0 Å². The van der Waals surface area contributed by atoms with E-state index in [1.54, 1.807) is 10.9 Å². The van der Waals surface area contributed by atoms with Crippen molar-refractivity contribution in [1.82, 2.24) is 24.9 Å². The Morgan fingerprint density at radius 2 is 1.95 bits per heavy atom. The van der Waals surface area contributed by atoms with Gasteiger partial charge in [-0.05, 0) is 6.92 Å². The Hall–Kier alpha value is -1.54. The largest absolute Gasteiger partial charge is 0.435 e. The molecular weight excluding hydrogens is 307 g/mol. The van der Waals surface area contributed by atoms with Crippen LogP contribution in [0.15, 0.2) is 18.6 Å². The van der Waals surface area contributed by atoms with Gasteiger partial charge in [-0.15, -0.1) is 12.4 Å². The number of rotatable bonds is 5. The lowest BCUT2D eigenvalue weighted by Crippen LogP contribution is -2.16. The predicted molar refractivity (Wildman–Crippen MR) is 73.9 cm³/mol. The summed E-state index contributed by atoms with van der Waals surface area (Å²) in [5.74, 6) is 0. The van der Waals surface area contributed by atoms with Gasteiger partial charge in [0.2, 0.25) is 0 Å². The van der Waals surface area contributed by atoms with Crippen molar-refractivity contribution in [1.29, 1.82) is 0 Å². The van der Waals surface area contributed by atoms with Crippen molar-refractivity contribution in [3.05, 3.63) is 35.4 Å². The van der Waals surface area contributed by atoms with E-state index in [-0.39, 0.29) is 24.5 Å². The number of alkyl halides is 3. The second-order valence-electron chi connectivity index (χ2n) is 4.48. The average molecular weight is 324 g/mol. The summed E-state index contributed by atoms with van der Waals surface area (Å²) in [5, 5.41) is 10.5. The topological polar surface area (TPSA) is 47.7 Å². The summed E-state index contributed by atoms with van der Waals surface area (Å²) in [4.78, 5) is 0. The van der Waals surface area contributed by atoms with Gasteiger partial charge in [0.05, 0.1) is 6.20 Å². The van der Waals surface area contributed by atoms with E-state index in [0.29, 0.717) is 6.54 Å². The third kappa shape index (κ3) is 4.47. The first-order chi connectivity index (χ1) is 9.40. The number of nitrogens with zero attached hydrogens (tertiary/aromatic N) is 4. The quantitative estimate of drug-likeness (QED) is 0.919. The number of hydrogen-bond donors (Lipinski definition) is 1. The highest BCUT2D eigenvalue weighted by atomic mass is 35.5. The molecule has 0 unspecified atom stereocenters. The number of halogens is 4. The number of hydrogen-bond acceptors (Lipinski definition) is 3. The van der Waals surface area contributed by atoms with Crippen molar-refractivity contribution in [3.63, 3.8) is 0 Å². The maximum Gasteiger partial charge on any atom is 0.435 e.